The van der Waals surface area contributed by atoms with Crippen molar-refractivity contribution in [3.63, 3.8) is 0 Å². The van der Waals surface area contributed by atoms with Crippen LogP contribution in [0.3, 0.4) is 0 Å². The molecule has 1 aromatic heterocycles. The van der Waals surface area contributed by atoms with E-state index < -0.39 is 0 Å². The van der Waals surface area contributed by atoms with Crippen LogP contribution in [0.5, 0.6) is 0 Å². The number of nitrogens with zero attached hydrogens (tertiary/aromatic N) is 3. The Morgan fingerprint density at radius 3 is 2.53 bits per heavy atom. The molecular formula is C15H26N4. The molecular weight excluding hydrogens is 236 g/mol. The van der Waals surface area contributed by atoms with Gasteiger partial charge in [0.25, 0.3) is 0 Å². The first-order valence-electron chi connectivity index (χ1n) is 7.38. The second kappa shape index (κ2) is 6.87. The largest absolute Gasteiger partial charge is 0.354 e. The fourth-order valence-corrected chi connectivity index (χ4v) is 2.55. The second-order valence-corrected chi connectivity index (χ2v) is 5.18. The monoisotopic (exact) mass is 262 g/mol. The van der Waals surface area contributed by atoms with Gasteiger partial charge in [-0.2, -0.15) is 0 Å². The number of likely N-dealkylation sites (N-methyl/N-ethyl adjacent to an activating group) is 1. The summed E-state index contributed by atoms with van der Waals surface area (Å²) in [4.78, 5) is 9.60. The molecule has 0 bridgehead atoms. The molecule has 0 aliphatic carbocycles. The van der Waals surface area contributed by atoms with Gasteiger partial charge in [0.2, 0.25) is 0 Å². The zero-order valence-electron chi connectivity index (χ0n) is 12.4. The molecule has 0 amide bonds. The van der Waals surface area contributed by atoms with Crippen LogP contribution in [0.15, 0.2) is 12.1 Å². The SMILES string of the molecule is CCNCc1cc(C)nc(N2CCN(CC)CC2)c1. The Morgan fingerprint density at radius 2 is 1.89 bits per heavy atom. The number of nitrogens with one attached hydrogen (secondary N) is 1. The van der Waals surface area contributed by atoms with Gasteiger partial charge in [-0.1, -0.05) is 13.8 Å². The van der Waals surface area contributed by atoms with E-state index in [-0.39, 0.29) is 0 Å². The van der Waals surface area contributed by atoms with Crippen molar-refractivity contribution in [3.05, 3.63) is 23.4 Å². The molecule has 2 rings (SSSR count). The summed E-state index contributed by atoms with van der Waals surface area (Å²) in [5.74, 6) is 1.14. The number of aryl methyl sites for hydroxylation is 1. The smallest absolute Gasteiger partial charge is 0.129 e. The van der Waals surface area contributed by atoms with Crippen LogP contribution in [-0.2, 0) is 6.54 Å². The summed E-state index contributed by atoms with van der Waals surface area (Å²) in [6, 6.07) is 4.41. The molecule has 19 heavy (non-hydrogen) atoms. The lowest BCUT2D eigenvalue weighted by Crippen LogP contribution is -2.46. The third kappa shape index (κ3) is 3.91. The first-order valence-corrected chi connectivity index (χ1v) is 7.38. The van der Waals surface area contributed by atoms with E-state index in [2.05, 4.69) is 48.0 Å². The third-order valence-corrected chi connectivity index (χ3v) is 3.72. The average Bonchev–Trinajstić information content (AvgIpc) is 2.44. The van der Waals surface area contributed by atoms with Crippen LogP contribution in [0.2, 0.25) is 0 Å². The first kappa shape index (κ1) is 14.3. The fraction of sp³-hybridized carbons (Fsp3) is 0.667. The van der Waals surface area contributed by atoms with E-state index in [1.54, 1.807) is 0 Å². The van der Waals surface area contributed by atoms with Crippen molar-refractivity contribution in [2.75, 3.05) is 44.2 Å². The fourth-order valence-electron chi connectivity index (χ4n) is 2.55. The molecule has 0 spiro atoms. The molecule has 1 N–H and O–H groups in total. The van der Waals surface area contributed by atoms with Gasteiger partial charge in [-0.15, -0.1) is 0 Å². The zero-order valence-corrected chi connectivity index (χ0v) is 12.4. The predicted molar refractivity (Wildman–Crippen MR) is 80.7 cm³/mol. The molecule has 1 fully saturated rings. The summed E-state index contributed by atoms with van der Waals surface area (Å²) >= 11 is 0. The molecule has 1 saturated heterocycles. The summed E-state index contributed by atoms with van der Waals surface area (Å²) in [6.45, 7) is 14.0. The highest BCUT2D eigenvalue weighted by Crippen LogP contribution is 2.17. The maximum Gasteiger partial charge on any atom is 0.129 e. The molecule has 0 saturated carbocycles. The molecule has 0 unspecified atom stereocenters. The normalized spacial score (nSPS) is 16.9. The number of aromatic nitrogens is 1. The van der Waals surface area contributed by atoms with Gasteiger partial charge in [0, 0.05) is 38.4 Å². The van der Waals surface area contributed by atoms with E-state index in [9.17, 15) is 0 Å². The summed E-state index contributed by atoms with van der Waals surface area (Å²) in [7, 11) is 0. The van der Waals surface area contributed by atoms with Crippen molar-refractivity contribution < 1.29 is 0 Å². The molecule has 1 aromatic rings. The van der Waals surface area contributed by atoms with Crippen LogP contribution in [0.1, 0.15) is 25.1 Å². The van der Waals surface area contributed by atoms with Crippen molar-refractivity contribution in [1.29, 1.82) is 0 Å². The number of hydrogen-bond acceptors (Lipinski definition) is 4. The predicted octanol–water partition coefficient (Wildman–Crippen LogP) is 1.64. The summed E-state index contributed by atoms with van der Waals surface area (Å²) in [5.41, 5.74) is 2.45. The molecule has 2 heterocycles. The van der Waals surface area contributed by atoms with Crippen LogP contribution in [0.25, 0.3) is 0 Å². The standard InChI is InChI=1S/C15H26N4/c1-4-16-12-14-10-13(3)17-15(11-14)19-8-6-18(5-2)7-9-19/h10-11,16H,4-9,12H2,1-3H3. The second-order valence-electron chi connectivity index (χ2n) is 5.18. The van der Waals surface area contributed by atoms with Crippen LogP contribution in [-0.4, -0.2) is 49.2 Å². The Balaban J connectivity index is 2.05. The lowest BCUT2D eigenvalue weighted by atomic mass is 10.2. The Kier molecular flexibility index (Phi) is 5.16. The van der Waals surface area contributed by atoms with Gasteiger partial charge in [-0.3, -0.25) is 0 Å². The van der Waals surface area contributed by atoms with Crippen molar-refractivity contribution in [3.8, 4) is 0 Å². The lowest BCUT2D eigenvalue weighted by Gasteiger charge is -2.35. The molecule has 4 nitrogen and oxygen atoms in total. The van der Waals surface area contributed by atoms with Gasteiger partial charge in [-0.05, 0) is 37.7 Å². The third-order valence-electron chi connectivity index (χ3n) is 3.72. The van der Waals surface area contributed by atoms with E-state index in [1.807, 2.05) is 0 Å². The number of rotatable bonds is 5. The Labute approximate surface area is 116 Å². The van der Waals surface area contributed by atoms with E-state index in [4.69, 9.17) is 4.98 Å². The molecule has 0 atom stereocenters. The minimum atomic E-state index is 0.932. The van der Waals surface area contributed by atoms with Crippen LogP contribution in [0, 0.1) is 6.92 Å². The average molecular weight is 262 g/mol. The molecule has 4 heteroatoms. The number of pyridine rings is 1. The zero-order chi connectivity index (χ0) is 13.7. The van der Waals surface area contributed by atoms with Crippen LogP contribution in [0.4, 0.5) is 5.82 Å². The molecule has 1 aliphatic rings. The molecule has 1 aliphatic heterocycles. The maximum absolute atomic E-state index is 4.70. The minimum absolute atomic E-state index is 0.932. The molecule has 0 radical (unpaired) electrons. The van der Waals surface area contributed by atoms with Gasteiger partial charge >= 0.3 is 0 Å². The van der Waals surface area contributed by atoms with E-state index >= 15 is 0 Å². The van der Waals surface area contributed by atoms with Gasteiger partial charge < -0.3 is 15.1 Å². The van der Waals surface area contributed by atoms with Crippen LogP contribution >= 0.6 is 0 Å². The van der Waals surface area contributed by atoms with Crippen molar-refractivity contribution in [1.82, 2.24) is 15.2 Å². The highest BCUT2D eigenvalue weighted by Gasteiger charge is 2.17. The summed E-state index contributed by atoms with van der Waals surface area (Å²) in [6.07, 6.45) is 0. The highest BCUT2D eigenvalue weighted by molar-refractivity contribution is 5.43. The summed E-state index contributed by atoms with van der Waals surface area (Å²) < 4.78 is 0. The van der Waals surface area contributed by atoms with E-state index in [0.29, 0.717) is 0 Å². The van der Waals surface area contributed by atoms with Gasteiger partial charge in [0.15, 0.2) is 0 Å². The summed E-state index contributed by atoms with van der Waals surface area (Å²) in [5, 5.41) is 3.38. The van der Waals surface area contributed by atoms with Gasteiger partial charge in [0.1, 0.15) is 5.82 Å². The van der Waals surface area contributed by atoms with Gasteiger partial charge in [-0.25, -0.2) is 4.98 Å². The van der Waals surface area contributed by atoms with Gasteiger partial charge in [0.05, 0.1) is 0 Å². The molecule has 106 valence electrons. The number of hydrogen-bond donors (Lipinski definition) is 1. The highest BCUT2D eigenvalue weighted by atomic mass is 15.3. The van der Waals surface area contributed by atoms with E-state index in [1.165, 1.54) is 5.56 Å². The Bertz CT molecular complexity index is 397. The Morgan fingerprint density at radius 1 is 1.16 bits per heavy atom. The van der Waals surface area contributed by atoms with Crippen molar-refractivity contribution in [2.45, 2.75) is 27.3 Å². The van der Waals surface area contributed by atoms with E-state index in [0.717, 1.165) is 57.3 Å². The van der Waals surface area contributed by atoms with Crippen LogP contribution < -0.4 is 10.2 Å². The topological polar surface area (TPSA) is 31.4 Å². The maximum atomic E-state index is 4.70. The number of piperazine rings is 1. The quantitative estimate of drug-likeness (QED) is 0.874. The van der Waals surface area contributed by atoms with Crippen molar-refractivity contribution >= 4 is 5.82 Å². The first-order chi connectivity index (χ1) is 9.22. The Hall–Kier alpha value is -1.13. The lowest BCUT2D eigenvalue weighted by molar-refractivity contribution is 0.270. The van der Waals surface area contributed by atoms with Crippen molar-refractivity contribution in [2.24, 2.45) is 0 Å². The number of anilines is 1. The minimum Gasteiger partial charge on any atom is -0.354 e. The molecule has 0 aromatic carbocycles.